The third-order valence-corrected chi connectivity index (χ3v) is 8.28. The maximum absolute atomic E-state index is 16.1. The minimum absolute atomic E-state index is 0.287. The number of benzene rings is 2. The van der Waals surface area contributed by atoms with E-state index in [0.717, 1.165) is 34.9 Å². The molecule has 1 unspecified atom stereocenters. The second-order valence-electron chi connectivity index (χ2n) is 11.5. The highest BCUT2D eigenvalue weighted by molar-refractivity contribution is 5.66. The molecule has 3 aromatic heterocycles. The predicted octanol–water partition coefficient (Wildman–Crippen LogP) is 4.66. The van der Waals surface area contributed by atoms with Gasteiger partial charge in [-0.2, -0.15) is 22.0 Å². The van der Waals surface area contributed by atoms with Crippen LogP contribution in [-0.2, 0) is 18.1 Å². The van der Waals surface area contributed by atoms with Crippen LogP contribution in [0.3, 0.4) is 0 Å². The summed E-state index contributed by atoms with van der Waals surface area (Å²) in [5, 5.41) is 31.6. The fourth-order valence-corrected chi connectivity index (χ4v) is 5.63. The van der Waals surface area contributed by atoms with E-state index in [0.29, 0.717) is 43.0 Å². The van der Waals surface area contributed by atoms with Crippen LogP contribution in [0.2, 0.25) is 0 Å². The van der Waals surface area contributed by atoms with E-state index in [1.165, 1.54) is 36.8 Å². The zero-order valence-corrected chi connectivity index (χ0v) is 25.6. The Balaban J connectivity index is 1.11. The standard InChI is InChI=1S/C32H29F6N9O2/c33-24-3-1-2-23(14-24)30(49,19-47-20-42-43-44-47)32(37,38)28-9-6-22(16-39-28)21-4-7-25(8-5-21)45-10-12-46(13-11-45)26-17-40-29(41-18-26)27(48)15-31(34,35)36/h1-9,14,16-18,20,27,48-49H,10-13,15,19H2/t27?,30-/m0/s1. The van der Waals surface area contributed by atoms with Gasteiger partial charge >= 0.3 is 12.1 Å². The molecular formula is C32H29F6N9O2. The van der Waals surface area contributed by atoms with Crippen LogP contribution >= 0.6 is 0 Å². The first-order valence-electron chi connectivity index (χ1n) is 15.0. The van der Waals surface area contributed by atoms with Gasteiger partial charge < -0.3 is 20.0 Å². The SMILES string of the molecule is OC(CC(F)(F)F)c1ncc(N2CCN(c3ccc(-c4ccc(C(F)(F)[C@](O)(Cn5cnnn5)c5cccc(F)c5)nc4)cc3)CC2)cn1. The fourth-order valence-electron chi connectivity index (χ4n) is 5.63. The van der Waals surface area contributed by atoms with Gasteiger partial charge in [0.2, 0.25) is 0 Å². The number of tetrazole rings is 1. The normalized spacial score (nSPS) is 16.0. The predicted molar refractivity (Wildman–Crippen MR) is 164 cm³/mol. The van der Waals surface area contributed by atoms with Crippen molar-refractivity contribution in [2.75, 3.05) is 36.0 Å². The zero-order chi connectivity index (χ0) is 34.8. The first-order chi connectivity index (χ1) is 23.3. The topological polar surface area (TPSA) is 129 Å². The molecule has 5 aromatic rings. The summed E-state index contributed by atoms with van der Waals surface area (Å²) in [4.78, 5) is 16.0. The maximum atomic E-state index is 16.1. The van der Waals surface area contributed by atoms with Crippen LogP contribution < -0.4 is 9.80 Å². The number of rotatable bonds is 10. The summed E-state index contributed by atoms with van der Waals surface area (Å²) in [7, 11) is 0. The Hall–Kier alpha value is -5.16. The van der Waals surface area contributed by atoms with Crippen LogP contribution in [0, 0.1) is 5.82 Å². The number of hydrogen-bond donors (Lipinski definition) is 2. The smallest absolute Gasteiger partial charge is 0.385 e. The molecule has 11 nitrogen and oxygen atoms in total. The van der Waals surface area contributed by atoms with Gasteiger partial charge in [0.05, 0.1) is 31.0 Å². The molecule has 0 spiro atoms. The van der Waals surface area contributed by atoms with Gasteiger partial charge in [-0.25, -0.2) is 19.0 Å². The lowest BCUT2D eigenvalue weighted by molar-refractivity contribution is -0.206. The lowest BCUT2D eigenvalue weighted by atomic mass is 9.85. The number of aliphatic hydroxyl groups is 2. The van der Waals surface area contributed by atoms with Crippen LogP contribution in [0.25, 0.3) is 11.1 Å². The van der Waals surface area contributed by atoms with Gasteiger partial charge in [-0.05, 0) is 51.9 Å². The van der Waals surface area contributed by atoms with Gasteiger partial charge in [-0.1, -0.05) is 30.3 Å². The molecule has 0 saturated carbocycles. The fraction of sp³-hybridized carbons (Fsp3) is 0.312. The van der Waals surface area contributed by atoms with Gasteiger partial charge in [-0.15, -0.1) is 5.10 Å². The number of alkyl halides is 5. The highest BCUT2D eigenvalue weighted by Crippen LogP contribution is 2.46. The van der Waals surface area contributed by atoms with E-state index >= 15 is 8.78 Å². The van der Waals surface area contributed by atoms with Gasteiger partial charge in [0.25, 0.3) is 0 Å². The molecule has 4 heterocycles. The van der Waals surface area contributed by atoms with E-state index < -0.39 is 48.3 Å². The summed E-state index contributed by atoms with van der Waals surface area (Å²) in [6, 6.07) is 14.3. The Morgan fingerprint density at radius 1 is 0.776 bits per heavy atom. The molecule has 0 aliphatic carbocycles. The van der Waals surface area contributed by atoms with Crippen molar-refractivity contribution in [2.45, 2.75) is 36.8 Å². The van der Waals surface area contributed by atoms with Crippen LogP contribution in [0.1, 0.15) is 29.6 Å². The van der Waals surface area contributed by atoms with Crippen molar-refractivity contribution in [3.8, 4) is 11.1 Å². The summed E-state index contributed by atoms with van der Waals surface area (Å²) >= 11 is 0. The summed E-state index contributed by atoms with van der Waals surface area (Å²) in [6.07, 6.45) is -2.65. The molecule has 1 fully saturated rings. The van der Waals surface area contributed by atoms with Gasteiger partial charge in [0.1, 0.15) is 23.9 Å². The van der Waals surface area contributed by atoms with Crippen LogP contribution in [0.5, 0.6) is 0 Å². The van der Waals surface area contributed by atoms with E-state index in [-0.39, 0.29) is 11.4 Å². The highest BCUT2D eigenvalue weighted by atomic mass is 19.4. The Morgan fingerprint density at radius 2 is 1.43 bits per heavy atom. The first-order valence-corrected chi connectivity index (χ1v) is 15.0. The van der Waals surface area contributed by atoms with E-state index in [4.69, 9.17) is 0 Å². The molecule has 0 amide bonds. The zero-order valence-electron chi connectivity index (χ0n) is 25.6. The molecule has 1 aliphatic heterocycles. The lowest BCUT2D eigenvalue weighted by Gasteiger charge is -2.37. The third-order valence-electron chi connectivity index (χ3n) is 8.28. The van der Waals surface area contributed by atoms with E-state index in [2.05, 4.69) is 35.4 Å². The molecular weight excluding hydrogens is 656 g/mol. The molecule has 6 rings (SSSR count). The van der Waals surface area contributed by atoms with Crippen molar-refractivity contribution in [2.24, 2.45) is 0 Å². The van der Waals surface area contributed by atoms with Crippen molar-refractivity contribution in [3.63, 3.8) is 0 Å². The summed E-state index contributed by atoms with van der Waals surface area (Å²) in [5.41, 5.74) is -1.24. The van der Waals surface area contributed by atoms with Crippen LogP contribution in [0.4, 0.5) is 37.7 Å². The number of anilines is 2. The molecule has 1 aliphatic rings. The molecule has 2 aromatic carbocycles. The second-order valence-corrected chi connectivity index (χ2v) is 11.5. The second kappa shape index (κ2) is 13.4. The van der Waals surface area contributed by atoms with Crippen molar-refractivity contribution < 1.29 is 36.6 Å². The van der Waals surface area contributed by atoms with E-state index in [1.807, 2.05) is 29.2 Å². The lowest BCUT2D eigenvalue weighted by Crippen LogP contribution is -2.47. The summed E-state index contributed by atoms with van der Waals surface area (Å²) in [5.74, 6) is -5.08. The average Bonchev–Trinajstić information content (AvgIpc) is 3.61. The Bertz CT molecular complexity index is 1840. The molecule has 0 radical (unpaired) electrons. The minimum atomic E-state index is -4.53. The largest absolute Gasteiger partial charge is 0.392 e. The number of aromatic nitrogens is 7. The van der Waals surface area contributed by atoms with Gasteiger partial charge in [-0.3, -0.25) is 4.98 Å². The van der Waals surface area contributed by atoms with Crippen LogP contribution in [-0.4, -0.2) is 77.7 Å². The van der Waals surface area contributed by atoms with Crippen molar-refractivity contribution in [1.82, 2.24) is 35.2 Å². The van der Waals surface area contributed by atoms with Crippen molar-refractivity contribution in [3.05, 3.63) is 108 Å². The summed E-state index contributed by atoms with van der Waals surface area (Å²) in [6.45, 7) is 1.66. The number of halogens is 6. The maximum Gasteiger partial charge on any atom is 0.392 e. The quantitative estimate of drug-likeness (QED) is 0.201. The number of aliphatic hydroxyl groups excluding tert-OH is 1. The summed E-state index contributed by atoms with van der Waals surface area (Å²) < 4.78 is 84.8. The average molecular weight is 686 g/mol. The van der Waals surface area contributed by atoms with E-state index in [9.17, 15) is 27.8 Å². The van der Waals surface area contributed by atoms with Crippen molar-refractivity contribution in [1.29, 1.82) is 0 Å². The highest BCUT2D eigenvalue weighted by Gasteiger charge is 2.57. The number of hydrogen-bond acceptors (Lipinski definition) is 10. The van der Waals surface area contributed by atoms with Crippen LogP contribution in [0.15, 0.2) is 85.6 Å². The number of piperazine rings is 1. The van der Waals surface area contributed by atoms with Gasteiger partial charge in [0, 0.05) is 43.6 Å². The number of pyridine rings is 1. The Kier molecular flexibility index (Phi) is 9.22. The molecule has 2 atom stereocenters. The first kappa shape index (κ1) is 33.7. The Labute approximate surface area is 275 Å². The molecule has 0 bridgehead atoms. The molecule has 49 heavy (non-hydrogen) atoms. The molecule has 256 valence electrons. The third kappa shape index (κ3) is 7.31. The molecule has 1 saturated heterocycles. The van der Waals surface area contributed by atoms with Gasteiger partial charge in [0.15, 0.2) is 11.4 Å². The minimum Gasteiger partial charge on any atom is -0.385 e. The molecule has 2 N–H and O–H groups in total. The van der Waals surface area contributed by atoms with E-state index in [1.54, 1.807) is 0 Å². The van der Waals surface area contributed by atoms with Crippen molar-refractivity contribution >= 4 is 11.4 Å². The number of nitrogens with zero attached hydrogens (tertiary/aromatic N) is 9. The monoisotopic (exact) mass is 685 g/mol. The molecule has 17 heteroatoms. The Morgan fingerprint density at radius 3 is 2.00 bits per heavy atom.